The minimum absolute atomic E-state index is 0.00274. The van der Waals surface area contributed by atoms with Crippen LogP contribution >= 0.6 is 0 Å². The molecule has 0 saturated carbocycles. The molecule has 35 heavy (non-hydrogen) atoms. The van der Waals surface area contributed by atoms with E-state index in [1.54, 1.807) is 6.20 Å². The maximum atomic E-state index is 13.6. The summed E-state index contributed by atoms with van der Waals surface area (Å²) in [4.78, 5) is 47.2. The summed E-state index contributed by atoms with van der Waals surface area (Å²) in [6.07, 6.45) is 5.07. The monoisotopic (exact) mass is 476 g/mol. The van der Waals surface area contributed by atoms with Crippen LogP contribution in [0.15, 0.2) is 48.7 Å². The first-order valence-electron chi connectivity index (χ1n) is 12.6. The number of urea groups is 1. The average Bonchev–Trinajstić information content (AvgIpc) is 3.42. The number of hydrogen-bond donors (Lipinski definition) is 1. The highest BCUT2D eigenvalue weighted by Gasteiger charge is 2.55. The molecule has 3 aliphatic heterocycles. The van der Waals surface area contributed by atoms with Crippen molar-refractivity contribution in [3.05, 3.63) is 59.9 Å². The van der Waals surface area contributed by atoms with Crippen molar-refractivity contribution < 1.29 is 19.1 Å². The number of amides is 4. The molecule has 1 aromatic carbocycles. The summed E-state index contributed by atoms with van der Waals surface area (Å²) in [5.41, 5.74) is 1.02. The van der Waals surface area contributed by atoms with E-state index < -0.39 is 11.6 Å². The molecule has 2 atom stereocenters. The zero-order chi connectivity index (χ0) is 24.4. The maximum Gasteiger partial charge on any atom is 0.325 e. The predicted octanol–water partition coefficient (Wildman–Crippen LogP) is 2.96. The third kappa shape index (κ3) is 4.37. The lowest BCUT2D eigenvalue weighted by atomic mass is 9.74. The van der Waals surface area contributed by atoms with Crippen molar-refractivity contribution in [2.75, 3.05) is 19.6 Å². The van der Waals surface area contributed by atoms with Crippen LogP contribution in [0.2, 0.25) is 0 Å². The highest BCUT2D eigenvalue weighted by atomic mass is 16.5. The maximum absolute atomic E-state index is 13.6. The van der Waals surface area contributed by atoms with Gasteiger partial charge in [-0.05, 0) is 48.9 Å². The number of benzene rings is 1. The molecule has 1 aromatic heterocycles. The van der Waals surface area contributed by atoms with Crippen molar-refractivity contribution in [3.8, 4) is 5.75 Å². The van der Waals surface area contributed by atoms with Gasteiger partial charge in [0.05, 0.1) is 0 Å². The van der Waals surface area contributed by atoms with Crippen LogP contribution in [-0.4, -0.2) is 63.9 Å². The number of piperidine rings is 1. The van der Waals surface area contributed by atoms with Crippen molar-refractivity contribution in [2.24, 2.45) is 5.92 Å². The Kier molecular flexibility index (Phi) is 6.45. The molecule has 0 aliphatic carbocycles. The molecule has 0 spiro atoms. The van der Waals surface area contributed by atoms with Gasteiger partial charge in [-0.15, -0.1) is 0 Å². The summed E-state index contributed by atoms with van der Waals surface area (Å²) in [7, 11) is 0. The fourth-order valence-electron chi connectivity index (χ4n) is 5.78. The number of pyridine rings is 1. The Morgan fingerprint density at radius 3 is 2.63 bits per heavy atom. The van der Waals surface area contributed by atoms with Gasteiger partial charge in [0.1, 0.15) is 11.3 Å². The fourth-order valence-corrected chi connectivity index (χ4v) is 5.78. The topological polar surface area (TPSA) is 91.8 Å². The first kappa shape index (κ1) is 23.3. The minimum atomic E-state index is -0.898. The van der Waals surface area contributed by atoms with Gasteiger partial charge >= 0.3 is 6.03 Å². The average molecular weight is 477 g/mol. The highest BCUT2D eigenvalue weighted by Crippen LogP contribution is 2.38. The number of fused-ring (bicyclic) bond motifs is 1. The largest absolute Gasteiger partial charge is 0.480 e. The molecule has 3 aliphatic rings. The molecule has 8 nitrogen and oxygen atoms in total. The van der Waals surface area contributed by atoms with Gasteiger partial charge in [0.25, 0.3) is 11.8 Å². The molecule has 0 unspecified atom stereocenters. The van der Waals surface area contributed by atoms with Gasteiger partial charge in [0.15, 0.2) is 6.10 Å². The summed E-state index contributed by atoms with van der Waals surface area (Å²) < 4.78 is 5.90. The number of ether oxygens (including phenoxy) is 1. The molecular formula is C27H32N4O4. The Morgan fingerprint density at radius 2 is 1.91 bits per heavy atom. The van der Waals surface area contributed by atoms with Crippen molar-refractivity contribution >= 4 is 17.8 Å². The Balaban J connectivity index is 1.23. The second kappa shape index (κ2) is 9.68. The summed E-state index contributed by atoms with van der Waals surface area (Å²) >= 11 is 0. The lowest BCUT2D eigenvalue weighted by Crippen LogP contribution is -2.57. The molecule has 2 saturated heterocycles. The molecule has 2 fully saturated rings. The van der Waals surface area contributed by atoms with Gasteiger partial charge in [0, 0.05) is 44.4 Å². The van der Waals surface area contributed by atoms with E-state index in [9.17, 15) is 14.4 Å². The van der Waals surface area contributed by atoms with E-state index in [1.165, 1.54) is 4.90 Å². The molecule has 1 N–H and O–H groups in total. The smallest absolute Gasteiger partial charge is 0.325 e. The molecule has 4 amide bonds. The van der Waals surface area contributed by atoms with Gasteiger partial charge in [-0.2, -0.15) is 0 Å². The number of carbonyl (C=O) groups excluding carboxylic acids is 3. The number of nitrogens with one attached hydrogen (secondary N) is 1. The number of likely N-dealkylation sites (tertiary alicyclic amines) is 1. The number of carbonyl (C=O) groups is 3. The molecule has 0 bridgehead atoms. The molecule has 0 radical (unpaired) electrons. The Morgan fingerprint density at radius 1 is 1.14 bits per heavy atom. The van der Waals surface area contributed by atoms with Gasteiger partial charge in [-0.3, -0.25) is 19.5 Å². The van der Waals surface area contributed by atoms with Gasteiger partial charge in [-0.25, -0.2) is 4.79 Å². The SMILES string of the molecule is CCC[C@]1(C2CCN(C(=O)[C@H]3Cc4ccccc4O3)CC2)NC(=O)N(CCc2ccccn2)C1=O. The van der Waals surface area contributed by atoms with E-state index in [1.807, 2.05) is 54.3 Å². The van der Waals surface area contributed by atoms with Crippen molar-refractivity contribution in [1.29, 1.82) is 0 Å². The van der Waals surface area contributed by atoms with Crippen LogP contribution in [0.5, 0.6) is 5.75 Å². The Labute approximate surface area is 205 Å². The summed E-state index contributed by atoms with van der Waals surface area (Å²) in [5, 5.41) is 3.07. The first-order valence-corrected chi connectivity index (χ1v) is 12.6. The highest BCUT2D eigenvalue weighted by molar-refractivity contribution is 6.07. The predicted molar refractivity (Wildman–Crippen MR) is 130 cm³/mol. The standard InChI is InChI=1S/C27H32N4O4/c1-2-13-27(25(33)31(26(34)29-27)17-12-21-8-5-6-14-28-21)20-10-15-30(16-11-20)24(32)23-18-19-7-3-4-9-22(19)35-23/h3-9,14,20,23H,2,10-13,15-18H2,1H3,(H,29,34)/t23-,27-/m1/s1. The van der Waals surface area contributed by atoms with E-state index in [0.29, 0.717) is 51.7 Å². The van der Waals surface area contributed by atoms with Gasteiger partial charge in [0.2, 0.25) is 0 Å². The van der Waals surface area contributed by atoms with Crippen LogP contribution in [0.3, 0.4) is 0 Å². The molecule has 8 heteroatoms. The summed E-state index contributed by atoms with van der Waals surface area (Å²) in [6.45, 7) is 3.46. The van der Waals surface area contributed by atoms with Crippen molar-refractivity contribution in [2.45, 2.75) is 57.1 Å². The van der Waals surface area contributed by atoms with Crippen LogP contribution in [0.25, 0.3) is 0 Å². The third-order valence-corrected chi connectivity index (χ3v) is 7.59. The first-order chi connectivity index (χ1) is 17.0. The molecule has 5 rings (SSSR count). The van der Waals surface area contributed by atoms with Gasteiger partial charge < -0.3 is 15.0 Å². The summed E-state index contributed by atoms with van der Waals surface area (Å²) in [6, 6.07) is 13.1. The minimum Gasteiger partial charge on any atom is -0.480 e. The van der Waals surface area contributed by atoms with Crippen LogP contribution in [0.1, 0.15) is 43.9 Å². The van der Waals surface area contributed by atoms with E-state index in [4.69, 9.17) is 4.74 Å². The van der Waals surface area contributed by atoms with Crippen molar-refractivity contribution in [1.82, 2.24) is 20.1 Å². The van der Waals surface area contributed by atoms with E-state index in [-0.39, 0.29) is 23.8 Å². The molecule has 184 valence electrons. The van der Waals surface area contributed by atoms with Crippen LogP contribution < -0.4 is 10.1 Å². The number of nitrogens with zero attached hydrogens (tertiary/aromatic N) is 3. The van der Waals surface area contributed by atoms with Crippen LogP contribution in [-0.2, 0) is 22.4 Å². The summed E-state index contributed by atoms with van der Waals surface area (Å²) in [5.74, 6) is 0.639. The second-order valence-corrected chi connectivity index (χ2v) is 9.70. The molecule has 2 aromatic rings. The molecular weight excluding hydrogens is 444 g/mol. The molecule has 4 heterocycles. The Hall–Kier alpha value is -3.42. The Bertz CT molecular complexity index is 1070. The fraction of sp³-hybridized carbons (Fsp3) is 0.481. The number of aromatic nitrogens is 1. The van der Waals surface area contributed by atoms with E-state index in [0.717, 1.165) is 23.4 Å². The lowest BCUT2D eigenvalue weighted by molar-refractivity contribution is -0.140. The van der Waals surface area contributed by atoms with Gasteiger partial charge in [-0.1, -0.05) is 37.6 Å². The number of para-hydroxylation sites is 1. The van der Waals surface area contributed by atoms with Crippen LogP contribution in [0, 0.1) is 5.92 Å². The lowest BCUT2D eigenvalue weighted by Gasteiger charge is -2.41. The normalized spacial score (nSPS) is 24.3. The van der Waals surface area contributed by atoms with Crippen molar-refractivity contribution in [3.63, 3.8) is 0 Å². The second-order valence-electron chi connectivity index (χ2n) is 9.70. The third-order valence-electron chi connectivity index (χ3n) is 7.59. The zero-order valence-corrected chi connectivity index (χ0v) is 20.1. The number of imide groups is 1. The number of rotatable bonds is 7. The quantitative estimate of drug-likeness (QED) is 0.621. The zero-order valence-electron chi connectivity index (χ0n) is 20.1. The van der Waals surface area contributed by atoms with E-state index in [2.05, 4.69) is 10.3 Å². The number of hydrogen-bond acceptors (Lipinski definition) is 5. The van der Waals surface area contributed by atoms with Crippen LogP contribution in [0.4, 0.5) is 4.79 Å². The van der Waals surface area contributed by atoms with E-state index >= 15 is 0 Å².